The standard InChI is InChI=1S/C16H30S2/c1-5-7-9-10-11-16(15(3)4)18-14-13-17-12-8-6-2/h10,15H,5-9,12-14H2,1-4H3. The van der Waals surface area contributed by atoms with Crippen LogP contribution >= 0.6 is 23.5 Å². The van der Waals surface area contributed by atoms with Gasteiger partial charge in [0.25, 0.3) is 0 Å². The number of unbranched alkanes of at least 4 members (excludes halogenated alkanes) is 3. The Morgan fingerprint density at radius 3 is 2.39 bits per heavy atom. The van der Waals surface area contributed by atoms with Gasteiger partial charge in [0.15, 0.2) is 0 Å². The first-order chi connectivity index (χ1) is 8.72. The highest BCUT2D eigenvalue weighted by molar-refractivity contribution is 8.05. The van der Waals surface area contributed by atoms with Gasteiger partial charge in [-0.1, -0.05) is 40.5 Å². The van der Waals surface area contributed by atoms with Gasteiger partial charge in [0.05, 0.1) is 0 Å². The molecule has 0 aromatic rings. The Kier molecular flexibility index (Phi) is 13.8. The lowest BCUT2D eigenvalue weighted by molar-refractivity contribution is 0.806. The summed E-state index contributed by atoms with van der Waals surface area (Å²) in [5.41, 5.74) is 3.50. The first-order valence-electron chi connectivity index (χ1n) is 7.37. The monoisotopic (exact) mass is 286 g/mol. The van der Waals surface area contributed by atoms with Crippen molar-refractivity contribution in [3.8, 4) is 0 Å². The first-order valence-corrected chi connectivity index (χ1v) is 9.51. The van der Waals surface area contributed by atoms with Crippen LogP contribution in [0.5, 0.6) is 0 Å². The van der Waals surface area contributed by atoms with E-state index in [4.69, 9.17) is 0 Å². The highest BCUT2D eigenvalue weighted by Crippen LogP contribution is 2.24. The van der Waals surface area contributed by atoms with E-state index >= 15 is 0 Å². The lowest BCUT2D eigenvalue weighted by atomic mass is 10.2. The van der Waals surface area contributed by atoms with E-state index in [0.717, 1.165) is 0 Å². The largest absolute Gasteiger partial charge is 0.161 e. The van der Waals surface area contributed by atoms with Crippen LogP contribution in [-0.4, -0.2) is 17.3 Å². The molecule has 0 spiro atoms. The van der Waals surface area contributed by atoms with Crippen LogP contribution in [0.3, 0.4) is 0 Å². The molecule has 0 aromatic heterocycles. The van der Waals surface area contributed by atoms with Crippen LogP contribution in [0, 0.1) is 5.92 Å². The minimum Gasteiger partial charge on any atom is -0.161 e. The second-order valence-corrected chi connectivity index (χ2v) is 7.19. The number of allylic oxidation sites excluding steroid dienone is 1. The number of rotatable bonds is 11. The van der Waals surface area contributed by atoms with Gasteiger partial charge in [-0.15, -0.1) is 17.5 Å². The molecule has 0 aliphatic carbocycles. The summed E-state index contributed by atoms with van der Waals surface area (Å²) in [6.07, 6.45) is 8.65. The SMILES string of the molecule is CCCCC=C=C(SCCSCCCC)C(C)C. The molecular formula is C16H30S2. The van der Waals surface area contributed by atoms with Crippen LogP contribution in [0.25, 0.3) is 0 Å². The van der Waals surface area contributed by atoms with E-state index < -0.39 is 0 Å². The molecule has 0 saturated carbocycles. The lowest BCUT2D eigenvalue weighted by Crippen LogP contribution is -1.92. The third-order valence-corrected chi connectivity index (χ3v) is 5.24. The number of hydrogen-bond donors (Lipinski definition) is 0. The van der Waals surface area contributed by atoms with E-state index in [2.05, 4.69) is 51.3 Å². The van der Waals surface area contributed by atoms with Crippen LogP contribution in [0.1, 0.15) is 59.8 Å². The predicted molar refractivity (Wildman–Crippen MR) is 90.7 cm³/mol. The average Bonchev–Trinajstić information content (AvgIpc) is 2.35. The Balaban J connectivity index is 3.86. The number of hydrogen-bond acceptors (Lipinski definition) is 2. The third-order valence-electron chi connectivity index (χ3n) is 2.60. The summed E-state index contributed by atoms with van der Waals surface area (Å²) >= 11 is 4.09. The van der Waals surface area contributed by atoms with Crippen molar-refractivity contribution < 1.29 is 0 Å². The second-order valence-electron chi connectivity index (χ2n) is 4.82. The van der Waals surface area contributed by atoms with Crippen molar-refractivity contribution in [2.75, 3.05) is 17.3 Å². The Hall–Kier alpha value is 0.220. The first kappa shape index (κ1) is 18.2. The second kappa shape index (κ2) is 13.6. The maximum absolute atomic E-state index is 3.50. The summed E-state index contributed by atoms with van der Waals surface area (Å²) in [5.74, 6) is 4.45. The molecule has 0 atom stereocenters. The van der Waals surface area contributed by atoms with E-state index in [1.54, 1.807) is 0 Å². The van der Waals surface area contributed by atoms with Crippen LogP contribution in [0.4, 0.5) is 0 Å². The Morgan fingerprint density at radius 1 is 1.06 bits per heavy atom. The summed E-state index contributed by atoms with van der Waals surface area (Å²) in [7, 11) is 0. The molecule has 0 nitrogen and oxygen atoms in total. The molecule has 0 aromatic carbocycles. The van der Waals surface area contributed by atoms with Gasteiger partial charge in [-0.3, -0.25) is 0 Å². The maximum Gasteiger partial charge on any atom is 0.0288 e. The summed E-state index contributed by atoms with van der Waals surface area (Å²) in [6.45, 7) is 9.04. The normalized spacial score (nSPS) is 10.5. The molecule has 2 heteroatoms. The van der Waals surface area contributed by atoms with Crippen LogP contribution in [0.15, 0.2) is 16.7 Å². The molecule has 0 heterocycles. The number of thioether (sulfide) groups is 2. The highest BCUT2D eigenvalue weighted by atomic mass is 32.2. The quantitative estimate of drug-likeness (QED) is 0.330. The third kappa shape index (κ3) is 11.3. The van der Waals surface area contributed by atoms with Crippen LogP contribution in [-0.2, 0) is 0 Å². The van der Waals surface area contributed by atoms with Crippen molar-refractivity contribution in [2.24, 2.45) is 5.92 Å². The van der Waals surface area contributed by atoms with Crippen molar-refractivity contribution >= 4 is 23.5 Å². The highest BCUT2D eigenvalue weighted by Gasteiger charge is 2.02. The van der Waals surface area contributed by atoms with Gasteiger partial charge in [-0.05, 0) is 37.0 Å². The maximum atomic E-state index is 3.50. The molecule has 0 saturated heterocycles. The fraction of sp³-hybridized carbons (Fsp3) is 0.812. The summed E-state index contributed by atoms with van der Waals surface area (Å²) in [5, 5.41) is 0. The lowest BCUT2D eigenvalue weighted by Gasteiger charge is -2.08. The molecule has 18 heavy (non-hydrogen) atoms. The fourth-order valence-electron chi connectivity index (χ4n) is 1.41. The van der Waals surface area contributed by atoms with Gasteiger partial charge in [0.2, 0.25) is 0 Å². The molecule has 0 aliphatic rings. The summed E-state index contributed by atoms with van der Waals surface area (Å²) in [4.78, 5) is 1.43. The average molecular weight is 287 g/mol. The van der Waals surface area contributed by atoms with Gasteiger partial charge in [0.1, 0.15) is 0 Å². The topological polar surface area (TPSA) is 0 Å². The molecule has 0 bridgehead atoms. The van der Waals surface area contributed by atoms with Gasteiger partial charge in [-0.25, -0.2) is 0 Å². The van der Waals surface area contributed by atoms with Gasteiger partial charge < -0.3 is 0 Å². The molecule has 0 radical (unpaired) electrons. The predicted octanol–water partition coefficient (Wildman–Crippen LogP) is 6.14. The summed E-state index contributed by atoms with van der Waals surface area (Å²) in [6, 6.07) is 0. The Bertz CT molecular complexity index is 237. The fourth-order valence-corrected chi connectivity index (χ4v) is 3.63. The zero-order valence-corrected chi connectivity index (χ0v) is 14.3. The van der Waals surface area contributed by atoms with Crippen LogP contribution < -0.4 is 0 Å². The van der Waals surface area contributed by atoms with E-state index in [1.165, 1.54) is 54.3 Å². The van der Waals surface area contributed by atoms with Crippen molar-refractivity contribution in [1.29, 1.82) is 0 Å². The zero-order chi connectivity index (χ0) is 13.6. The minimum absolute atomic E-state index is 0.619. The molecule has 0 aliphatic heterocycles. The molecular weight excluding hydrogens is 256 g/mol. The van der Waals surface area contributed by atoms with Gasteiger partial charge in [0, 0.05) is 16.4 Å². The molecule has 0 fully saturated rings. The van der Waals surface area contributed by atoms with Gasteiger partial charge in [-0.2, -0.15) is 11.8 Å². The van der Waals surface area contributed by atoms with E-state index in [1.807, 2.05) is 11.8 Å². The van der Waals surface area contributed by atoms with Crippen molar-refractivity contribution in [1.82, 2.24) is 0 Å². The van der Waals surface area contributed by atoms with Gasteiger partial charge >= 0.3 is 0 Å². The Morgan fingerprint density at radius 2 is 1.78 bits per heavy atom. The van der Waals surface area contributed by atoms with Crippen molar-refractivity contribution in [3.05, 3.63) is 16.7 Å². The molecule has 0 amide bonds. The van der Waals surface area contributed by atoms with Crippen LogP contribution in [0.2, 0.25) is 0 Å². The van der Waals surface area contributed by atoms with E-state index in [9.17, 15) is 0 Å². The summed E-state index contributed by atoms with van der Waals surface area (Å²) < 4.78 is 0. The molecule has 0 N–H and O–H groups in total. The van der Waals surface area contributed by atoms with E-state index in [0.29, 0.717) is 5.92 Å². The molecule has 0 rings (SSSR count). The molecule has 106 valence electrons. The van der Waals surface area contributed by atoms with E-state index in [-0.39, 0.29) is 0 Å². The van der Waals surface area contributed by atoms with Crippen molar-refractivity contribution in [3.63, 3.8) is 0 Å². The smallest absolute Gasteiger partial charge is 0.0288 e. The molecule has 0 unspecified atom stereocenters. The van der Waals surface area contributed by atoms with Crippen molar-refractivity contribution in [2.45, 2.75) is 59.8 Å². The Labute approximate surface area is 123 Å². The zero-order valence-electron chi connectivity index (χ0n) is 12.6. The minimum atomic E-state index is 0.619.